The monoisotopic (exact) mass is 245 g/mol. The van der Waals surface area contributed by atoms with Crippen LogP contribution in [0.4, 0.5) is 0 Å². The van der Waals surface area contributed by atoms with Crippen LogP contribution in [0.15, 0.2) is 42.5 Å². The van der Waals surface area contributed by atoms with E-state index < -0.39 is 0 Å². The Morgan fingerprint density at radius 2 is 1.88 bits per heavy atom. The van der Waals surface area contributed by atoms with E-state index in [-0.39, 0.29) is 0 Å². The van der Waals surface area contributed by atoms with E-state index in [0.717, 1.165) is 12.3 Å². The van der Waals surface area contributed by atoms with Gasteiger partial charge in [-0.15, -0.1) is 0 Å². The van der Waals surface area contributed by atoms with E-state index in [1.165, 1.54) is 16.3 Å². The topological polar surface area (TPSA) is 12.0 Å². The third-order valence-electron chi connectivity index (χ3n) is 3.03. The summed E-state index contributed by atoms with van der Waals surface area (Å²) in [4.78, 5) is 0. The van der Waals surface area contributed by atoms with Crippen molar-refractivity contribution in [3.63, 3.8) is 0 Å². The lowest BCUT2D eigenvalue weighted by atomic mass is 10.0. The third-order valence-corrected chi connectivity index (χ3v) is 3.64. The molecule has 0 radical (unpaired) electrons. The van der Waals surface area contributed by atoms with Gasteiger partial charge in [-0.3, -0.25) is 0 Å². The molecule has 1 nitrogen and oxygen atoms in total. The van der Waals surface area contributed by atoms with Gasteiger partial charge in [-0.1, -0.05) is 36.4 Å². The largest absolute Gasteiger partial charge is 0.309 e. The average Bonchev–Trinajstić information content (AvgIpc) is 2.38. The summed E-state index contributed by atoms with van der Waals surface area (Å²) in [7, 11) is 0. The summed E-state index contributed by atoms with van der Waals surface area (Å²) >= 11 is 1.88. The lowest BCUT2D eigenvalue weighted by Crippen LogP contribution is -2.21. The molecule has 2 aromatic carbocycles. The van der Waals surface area contributed by atoms with Crippen molar-refractivity contribution in [2.24, 2.45) is 0 Å². The SMILES string of the molecule is CSCCNC(C)c1ccc2ccccc2c1. The molecule has 2 rings (SSSR count). The fourth-order valence-electron chi connectivity index (χ4n) is 1.97. The van der Waals surface area contributed by atoms with Crippen LogP contribution in [-0.4, -0.2) is 18.6 Å². The van der Waals surface area contributed by atoms with E-state index in [1.54, 1.807) is 0 Å². The molecule has 2 aromatic rings. The van der Waals surface area contributed by atoms with Gasteiger partial charge >= 0.3 is 0 Å². The molecule has 2 heteroatoms. The summed E-state index contributed by atoms with van der Waals surface area (Å²) in [5.41, 5.74) is 1.37. The molecule has 0 aliphatic carbocycles. The molecular formula is C15H19NS. The Balaban J connectivity index is 2.12. The third kappa shape index (κ3) is 3.24. The summed E-state index contributed by atoms with van der Waals surface area (Å²) in [6.07, 6.45) is 2.14. The minimum atomic E-state index is 0.423. The van der Waals surface area contributed by atoms with Crippen molar-refractivity contribution in [2.75, 3.05) is 18.6 Å². The highest BCUT2D eigenvalue weighted by atomic mass is 32.2. The molecule has 1 unspecified atom stereocenters. The van der Waals surface area contributed by atoms with E-state index in [1.807, 2.05) is 11.8 Å². The van der Waals surface area contributed by atoms with Crippen LogP contribution in [0.25, 0.3) is 10.8 Å². The normalized spacial score (nSPS) is 12.8. The molecule has 0 amide bonds. The van der Waals surface area contributed by atoms with Crippen LogP contribution in [0.5, 0.6) is 0 Å². The standard InChI is InChI=1S/C15H19NS/c1-12(16-9-10-17-2)14-8-7-13-5-3-4-6-15(13)11-14/h3-8,11-12,16H,9-10H2,1-2H3. The van der Waals surface area contributed by atoms with Crippen molar-refractivity contribution in [1.82, 2.24) is 5.32 Å². The molecular weight excluding hydrogens is 226 g/mol. The number of benzene rings is 2. The molecule has 0 aromatic heterocycles. The number of nitrogens with one attached hydrogen (secondary N) is 1. The van der Waals surface area contributed by atoms with Gasteiger partial charge in [-0.05, 0) is 35.6 Å². The van der Waals surface area contributed by atoms with E-state index >= 15 is 0 Å². The van der Waals surface area contributed by atoms with Crippen molar-refractivity contribution in [2.45, 2.75) is 13.0 Å². The van der Waals surface area contributed by atoms with Crippen molar-refractivity contribution in [3.8, 4) is 0 Å². The van der Waals surface area contributed by atoms with E-state index in [2.05, 4.69) is 61.0 Å². The van der Waals surface area contributed by atoms with Crippen molar-refractivity contribution in [3.05, 3.63) is 48.0 Å². The maximum Gasteiger partial charge on any atom is 0.0292 e. The lowest BCUT2D eigenvalue weighted by Gasteiger charge is -2.14. The predicted octanol–water partition coefficient (Wildman–Crippen LogP) is 3.85. The van der Waals surface area contributed by atoms with Gasteiger partial charge in [0, 0.05) is 18.3 Å². The summed E-state index contributed by atoms with van der Waals surface area (Å²) < 4.78 is 0. The Bertz CT molecular complexity index is 481. The Kier molecular flexibility index (Phi) is 4.46. The van der Waals surface area contributed by atoms with Crippen LogP contribution in [0, 0.1) is 0 Å². The van der Waals surface area contributed by atoms with Crippen LogP contribution in [0.3, 0.4) is 0 Å². The second-order valence-electron chi connectivity index (χ2n) is 4.28. The van der Waals surface area contributed by atoms with Crippen LogP contribution < -0.4 is 5.32 Å². The Morgan fingerprint density at radius 1 is 1.12 bits per heavy atom. The zero-order valence-corrected chi connectivity index (χ0v) is 11.3. The summed E-state index contributed by atoms with van der Waals surface area (Å²) in [6.45, 7) is 3.29. The quantitative estimate of drug-likeness (QED) is 0.803. The molecule has 1 N–H and O–H groups in total. The second-order valence-corrected chi connectivity index (χ2v) is 5.26. The highest BCUT2D eigenvalue weighted by Crippen LogP contribution is 2.20. The Labute approximate surface area is 108 Å². The first-order chi connectivity index (χ1) is 8.31. The number of thioether (sulfide) groups is 1. The average molecular weight is 245 g/mol. The van der Waals surface area contributed by atoms with Gasteiger partial charge in [0.1, 0.15) is 0 Å². The Morgan fingerprint density at radius 3 is 2.65 bits per heavy atom. The Hall–Kier alpha value is -0.990. The summed E-state index contributed by atoms with van der Waals surface area (Å²) in [6, 6.07) is 15.6. The minimum Gasteiger partial charge on any atom is -0.309 e. The zero-order valence-electron chi connectivity index (χ0n) is 10.4. The summed E-state index contributed by atoms with van der Waals surface area (Å²) in [5, 5.41) is 6.18. The first-order valence-electron chi connectivity index (χ1n) is 6.02. The first kappa shape index (κ1) is 12.5. The first-order valence-corrected chi connectivity index (χ1v) is 7.41. The second kappa shape index (κ2) is 6.08. The van der Waals surface area contributed by atoms with E-state index in [4.69, 9.17) is 0 Å². The van der Waals surface area contributed by atoms with Gasteiger partial charge in [0.05, 0.1) is 0 Å². The maximum absolute atomic E-state index is 3.54. The van der Waals surface area contributed by atoms with Crippen LogP contribution in [0.1, 0.15) is 18.5 Å². The number of fused-ring (bicyclic) bond motifs is 1. The van der Waals surface area contributed by atoms with Crippen LogP contribution in [0.2, 0.25) is 0 Å². The number of rotatable bonds is 5. The number of hydrogen-bond donors (Lipinski definition) is 1. The van der Waals surface area contributed by atoms with Gasteiger partial charge < -0.3 is 5.32 Å². The molecule has 0 saturated carbocycles. The molecule has 0 saturated heterocycles. The lowest BCUT2D eigenvalue weighted by molar-refractivity contribution is 0.602. The molecule has 1 atom stereocenters. The highest BCUT2D eigenvalue weighted by Gasteiger charge is 2.04. The smallest absolute Gasteiger partial charge is 0.0292 e. The molecule has 0 bridgehead atoms. The fraction of sp³-hybridized carbons (Fsp3) is 0.333. The van der Waals surface area contributed by atoms with Gasteiger partial charge in [0.15, 0.2) is 0 Å². The molecule has 0 fully saturated rings. The maximum atomic E-state index is 3.54. The minimum absolute atomic E-state index is 0.423. The van der Waals surface area contributed by atoms with Crippen molar-refractivity contribution < 1.29 is 0 Å². The van der Waals surface area contributed by atoms with Crippen molar-refractivity contribution in [1.29, 1.82) is 0 Å². The van der Waals surface area contributed by atoms with Gasteiger partial charge in [-0.25, -0.2) is 0 Å². The fourth-order valence-corrected chi connectivity index (χ4v) is 2.29. The summed E-state index contributed by atoms with van der Waals surface area (Å²) in [5.74, 6) is 1.16. The van der Waals surface area contributed by atoms with E-state index in [0.29, 0.717) is 6.04 Å². The zero-order chi connectivity index (χ0) is 12.1. The molecule has 0 aliphatic heterocycles. The van der Waals surface area contributed by atoms with Crippen LogP contribution >= 0.6 is 11.8 Å². The van der Waals surface area contributed by atoms with Gasteiger partial charge in [-0.2, -0.15) is 11.8 Å². The van der Waals surface area contributed by atoms with Crippen molar-refractivity contribution >= 4 is 22.5 Å². The number of hydrogen-bond acceptors (Lipinski definition) is 2. The van der Waals surface area contributed by atoms with E-state index in [9.17, 15) is 0 Å². The molecule has 0 heterocycles. The molecule has 0 aliphatic rings. The van der Waals surface area contributed by atoms with Crippen LogP contribution in [-0.2, 0) is 0 Å². The molecule has 0 spiro atoms. The molecule has 90 valence electrons. The molecule has 17 heavy (non-hydrogen) atoms. The highest BCUT2D eigenvalue weighted by molar-refractivity contribution is 7.98. The van der Waals surface area contributed by atoms with Gasteiger partial charge in [0.25, 0.3) is 0 Å². The van der Waals surface area contributed by atoms with Gasteiger partial charge in [0.2, 0.25) is 0 Å². The predicted molar refractivity (Wildman–Crippen MR) is 78.7 cm³/mol.